The second-order valence-electron chi connectivity index (χ2n) is 4.41. The number of hydroxylamine groups is 2. The summed E-state index contributed by atoms with van der Waals surface area (Å²) >= 11 is 1.56. The van der Waals surface area contributed by atoms with Crippen molar-refractivity contribution in [2.45, 2.75) is 38.3 Å². The van der Waals surface area contributed by atoms with Crippen molar-refractivity contribution in [2.75, 3.05) is 6.54 Å². The molecule has 2 atom stereocenters. The van der Waals surface area contributed by atoms with E-state index in [0.717, 1.165) is 34.3 Å². The van der Waals surface area contributed by atoms with Crippen LogP contribution in [0.3, 0.4) is 0 Å². The Hall–Kier alpha value is -1.21. The molecule has 1 aromatic rings. The Labute approximate surface area is 103 Å². The van der Waals surface area contributed by atoms with Gasteiger partial charge in [0.25, 0.3) is 0 Å². The van der Waals surface area contributed by atoms with E-state index in [0.29, 0.717) is 6.54 Å². The quantitative estimate of drug-likeness (QED) is 0.811. The van der Waals surface area contributed by atoms with Gasteiger partial charge in [0.15, 0.2) is 0 Å². The highest BCUT2D eigenvalue weighted by molar-refractivity contribution is 7.11. The standard InChI is InChI=1S/C10H14N4O2S/c1-2-8-11-12-9(17-8)7-4-3-6-5-13(7)10(15)14(6)16/h6-7,16H,2-5H2,1H3/t6-,7+/m1/s1. The third-order valence-corrected chi connectivity index (χ3v) is 4.58. The maximum absolute atomic E-state index is 11.8. The van der Waals surface area contributed by atoms with Crippen molar-refractivity contribution in [3.05, 3.63) is 10.0 Å². The van der Waals surface area contributed by atoms with E-state index in [1.165, 1.54) is 0 Å². The summed E-state index contributed by atoms with van der Waals surface area (Å²) in [5, 5.41) is 20.6. The minimum Gasteiger partial charge on any atom is -0.311 e. The summed E-state index contributed by atoms with van der Waals surface area (Å²) in [6.07, 6.45) is 2.54. The second-order valence-corrected chi connectivity index (χ2v) is 5.51. The third kappa shape index (κ3) is 1.61. The normalized spacial score (nSPS) is 28.0. The summed E-state index contributed by atoms with van der Waals surface area (Å²) < 4.78 is 0. The molecule has 2 aliphatic heterocycles. The molecular weight excluding hydrogens is 240 g/mol. The fourth-order valence-corrected chi connectivity index (χ4v) is 3.38. The number of piperidine rings is 1. The van der Waals surface area contributed by atoms with E-state index in [1.54, 1.807) is 16.2 Å². The number of urea groups is 1. The first kappa shape index (κ1) is 10.9. The topological polar surface area (TPSA) is 69.6 Å². The largest absolute Gasteiger partial charge is 0.344 e. The van der Waals surface area contributed by atoms with E-state index in [1.807, 2.05) is 6.92 Å². The van der Waals surface area contributed by atoms with Gasteiger partial charge < -0.3 is 4.90 Å². The van der Waals surface area contributed by atoms with E-state index in [2.05, 4.69) is 10.2 Å². The SMILES string of the molecule is CCc1nnc([C@@H]2CC[C@@H]3CN2C(=O)N3O)s1. The molecule has 92 valence electrons. The van der Waals surface area contributed by atoms with Gasteiger partial charge in [0, 0.05) is 6.54 Å². The van der Waals surface area contributed by atoms with Crippen molar-refractivity contribution >= 4 is 17.4 Å². The predicted octanol–water partition coefficient (Wildman–Crippen LogP) is 1.43. The molecule has 17 heavy (non-hydrogen) atoms. The summed E-state index contributed by atoms with van der Waals surface area (Å²) in [4.78, 5) is 13.5. The number of amides is 2. The van der Waals surface area contributed by atoms with Crippen molar-refractivity contribution < 1.29 is 10.0 Å². The summed E-state index contributed by atoms with van der Waals surface area (Å²) in [5.41, 5.74) is 0. The molecule has 2 amide bonds. The van der Waals surface area contributed by atoms with Crippen LogP contribution in [0.25, 0.3) is 0 Å². The molecule has 2 fully saturated rings. The highest BCUT2D eigenvalue weighted by Gasteiger charge is 2.45. The van der Waals surface area contributed by atoms with Crippen LogP contribution in [0.1, 0.15) is 35.8 Å². The number of nitrogens with zero attached hydrogens (tertiary/aromatic N) is 4. The fraction of sp³-hybridized carbons (Fsp3) is 0.700. The maximum Gasteiger partial charge on any atom is 0.344 e. The monoisotopic (exact) mass is 254 g/mol. The summed E-state index contributed by atoms with van der Waals surface area (Å²) in [5.74, 6) is 0. The van der Waals surface area contributed by atoms with Crippen LogP contribution < -0.4 is 0 Å². The van der Waals surface area contributed by atoms with Crippen LogP contribution in [-0.4, -0.2) is 44.0 Å². The molecule has 3 heterocycles. The van der Waals surface area contributed by atoms with E-state index < -0.39 is 0 Å². The van der Waals surface area contributed by atoms with Gasteiger partial charge in [-0.2, -0.15) is 0 Å². The molecule has 2 saturated heterocycles. The zero-order valence-electron chi connectivity index (χ0n) is 9.54. The number of aromatic nitrogens is 2. The Morgan fingerprint density at radius 1 is 1.47 bits per heavy atom. The van der Waals surface area contributed by atoms with Gasteiger partial charge in [-0.1, -0.05) is 18.3 Å². The predicted molar refractivity (Wildman–Crippen MR) is 60.8 cm³/mol. The van der Waals surface area contributed by atoms with Crippen molar-refractivity contribution in [2.24, 2.45) is 0 Å². The minimum atomic E-state index is -0.300. The Balaban J connectivity index is 1.87. The average molecular weight is 254 g/mol. The highest BCUT2D eigenvalue weighted by Crippen LogP contribution is 2.38. The number of hydrogen-bond donors (Lipinski definition) is 1. The molecule has 0 aromatic carbocycles. The summed E-state index contributed by atoms with van der Waals surface area (Å²) in [6.45, 7) is 2.64. The Bertz CT molecular complexity index is 449. The average Bonchev–Trinajstić information content (AvgIpc) is 2.91. The summed E-state index contributed by atoms with van der Waals surface area (Å²) in [7, 11) is 0. The molecule has 0 unspecified atom stereocenters. The van der Waals surface area contributed by atoms with Crippen LogP contribution in [0, 0.1) is 0 Å². The van der Waals surface area contributed by atoms with Crippen molar-refractivity contribution in [3.63, 3.8) is 0 Å². The molecule has 0 spiro atoms. The third-order valence-electron chi connectivity index (χ3n) is 3.41. The van der Waals surface area contributed by atoms with Crippen LogP contribution in [0.2, 0.25) is 0 Å². The van der Waals surface area contributed by atoms with E-state index >= 15 is 0 Å². The Morgan fingerprint density at radius 3 is 3.00 bits per heavy atom. The first-order chi connectivity index (χ1) is 8.20. The van der Waals surface area contributed by atoms with Gasteiger partial charge >= 0.3 is 6.03 Å². The van der Waals surface area contributed by atoms with E-state index in [-0.39, 0.29) is 18.1 Å². The first-order valence-corrected chi connectivity index (χ1v) is 6.63. The number of carbonyl (C=O) groups excluding carboxylic acids is 1. The lowest BCUT2D eigenvalue weighted by atomic mass is 10.0. The van der Waals surface area contributed by atoms with Crippen LogP contribution in [0.15, 0.2) is 0 Å². The van der Waals surface area contributed by atoms with Gasteiger partial charge in [-0.25, -0.2) is 9.86 Å². The zero-order chi connectivity index (χ0) is 12.0. The first-order valence-electron chi connectivity index (χ1n) is 5.81. The lowest BCUT2D eigenvalue weighted by Gasteiger charge is -2.28. The van der Waals surface area contributed by atoms with E-state index in [9.17, 15) is 10.0 Å². The molecule has 2 aliphatic rings. The Morgan fingerprint density at radius 2 is 2.29 bits per heavy atom. The molecule has 7 heteroatoms. The van der Waals surface area contributed by atoms with Crippen LogP contribution in [-0.2, 0) is 6.42 Å². The van der Waals surface area contributed by atoms with Gasteiger partial charge in [0.05, 0.1) is 12.1 Å². The van der Waals surface area contributed by atoms with Crippen molar-refractivity contribution in [1.82, 2.24) is 20.2 Å². The minimum absolute atomic E-state index is 0.00583. The van der Waals surface area contributed by atoms with Gasteiger partial charge in [-0.05, 0) is 19.3 Å². The number of carbonyl (C=O) groups is 1. The van der Waals surface area contributed by atoms with E-state index in [4.69, 9.17) is 0 Å². The van der Waals surface area contributed by atoms with Gasteiger partial charge in [-0.15, -0.1) is 10.2 Å². The lowest BCUT2D eigenvalue weighted by Crippen LogP contribution is -2.33. The number of fused-ring (bicyclic) bond motifs is 2. The van der Waals surface area contributed by atoms with Gasteiger partial charge in [0.1, 0.15) is 10.0 Å². The highest BCUT2D eigenvalue weighted by atomic mass is 32.1. The van der Waals surface area contributed by atoms with Crippen molar-refractivity contribution in [3.8, 4) is 0 Å². The number of rotatable bonds is 2. The number of aryl methyl sites for hydroxylation is 1. The molecule has 0 aliphatic carbocycles. The molecule has 1 N–H and O–H groups in total. The molecule has 6 nitrogen and oxygen atoms in total. The Kier molecular flexibility index (Phi) is 2.52. The van der Waals surface area contributed by atoms with Gasteiger partial charge in [-0.3, -0.25) is 5.21 Å². The summed E-state index contributed by atoms with van der Waals surface area (Å²) in [6, 6.07) is -0.350. The zero-order valence-corrected chi connectivity index (χ0v) is 10.4. The molecular formula is C10H14N4O2S. The fourth-order valence-electron chi connectivity index (χ4n) is 2.45. The molecule has 1 aromatic heterocycles. The second kappa shape index (κ2) is 3.92. The molecule has 3 rings (SSSR count). The van der Waals surface area contributed by atoms with Gasteiger partial charge in [0.2, 0.25) is 0 Å². The smallest absolute Gasteiger partial charge is 0.311 e. The molecule has 2 bridgehead atoms. The number of hydrogen-bond acceptors (Lipinski definition) is 5. The molecule has 0 saturated carbocycles. The van der Waals surface area contributed by atoms with Crippen LogP contribution >= 0.6 is 11.3 Å². The molecule has 0 radical (unpaired) electrons. The van der Waals surface area contributed by atoms with Crippen molar-refractivity contribution in [1.29, 1.82) is 0 Å². The van der Waals surface area contributed by atoms with Crippen LogP contribution in [0.4, 0.5) is 4.79 Å². The lowest BCUT2D eigenvalue weighted by molar-refractivity contribution is -0.0584. The van der Waals surface area contributed by atoms with Crippen LogP contribution in [0.5, 0.6) is 0 Å². The maximum atomic E-state index is 11.8.